The molecule has 2 aliphatic heterocycles. The Morgan fingerprint density at radius 3 is 2.58 bits per heavy atom. The molecular weight excluding hydrogens is 334 g/mol. The zero-order valence-corrected chi connectivity index (χ0v) is 15.6. The van der Waals surface area contributed by atoms with E-state index >= 15 is 0 Å². The lowest BCUT2D eigenvalue weighted by atomic mass is 9.83. The van der Waals surface area contributed by atoms with E-state index in [4.69, 9.17) is 10.5 Å². The first-order valence-electron chi connectivity index (χ1n) is 9.00. The van der Waals surface area contributed by atoms with Crippen molar-refractivity contribution in [2.75, 3.05) is 31.6 Å². The van der Waals surface area contributed by atoms with Crippen molar-refractivity contribution in [1.82, 2.24) is 4.90 Å². The maximum Gasteiger partial charge on any atom is 0.253 e. The Bertz CT molecular complexity index is 705. The third kappa shape index (κ3) is 3.54. The van der Waals surface area contributed by atoms with Crippen molar-refractivity contribution in [3.63, 3.8) is 0 Å². The fraction of sp³-hybridized carbons (Fsp3) is 0.579. The summed E-state index contributed by atoms with van der Waals surface area (Å²) in [7, 11) is 1.64. The van der Waals surface area contributed by atoms with Gasteiger partial charge in [0.25, 0.3) is 5.91 Å². The molecule has 1 saturated heterocycles. The van der Waals surface area contributed by atoms with E-state index in [-0.39, 0.29) is 24.3 Å². The van der Waals surface area contributed by atoms with E-state index in [2.05, 4.69) is 0 Å². The number of likely N-dealkylation sites (N-methyl/N-ethyl adjacent to an activating group) is 1. The molecule has 2 aliphatic rings. The Balaban J connectivity index is 1.77. The maximum atomic E-state index is 12.9. The largest absolute Gasteiger partial charge is 0.489 e. The Kier molecular flexibility index (Phi) is 4.94. The minimum atomic E-state index is -0.724. The number of aliphatic hydroxyl groups is 1. The second-order valence-corrected chi connectivity index (χ2v) is 7.72. The van der Waals surface area contributed by atoms with Gasteiger partial charge in [-0.25, -0.2) is 0 Å². The smallest absolute Gasteiger partial charge is 0.253 e. The molecule has 3 N–H and O–H groups in total. The molecule has 1 fully saturated rings. The Morgan fingerprint density at radius 1 is 1.31 bits per heavy atom. The van der Waals surface area contributed by atoms with E-state index in [1.807, 2.05) is 13.8 Å². The summed E-state index contributed by atoms with van der Waals surface area (Å²) in [5.41, 5.74) is 6.15. The topological polar surface area (TPSA) is 96.1 Å². The van der Waals surface area contributed by atoms with E-state index in [9.17, 15) is 14.7 Å². The van der Waals surface area contributed by atoms with Crippen molar-refractivity contribution in [2.45, 2.75) is 38.3 Å². The average molecular weight is 361 g/mol. The Labute approximate surface area is 153 Å². The molecule has 0 radical (unpaired) electrons. The van der Waals surface area contributed by atoms with Crippen LogP contribution < -0.4 is 15.4 Å². The van der Waals surface area contributed by atoms with E-state index < -0.39 is 11.6 Å². The number of nitrogens with two attached hydrogens (primary N) is 1. The molecule has 0 aromatic heterocycles. The van der Waals surface area contributed by atoms with E-state index in [1.54, 1.807) is 30.1 Å². The summed E-state index contributed by atoms with van der Waals surface area (Å²) >= 11 is 0. The highest BCUT2D eigenvalue weighted by Crippen LogP contribution is 2.33. The van der Waals surface area contributed by atoms with Gasteiger partial charge in [0.2, 0.25) is 5.91 Å². The first-order valence-corrected chi connectivity index (χ1v) is 9.00. The van der Waals surface area contributed by atoms with Gasteiger partial charge in [-0.3, -0.25) is 9.59 Å². The molecule has 0 spiro atoms. The van der Waals surface area contributed by atoms with Gasteiger partial charge in [0.1, 0.15) is 18.4 Å². The summed E-state index contributed by atoms with van der Waals surface area (Å²) in [6, 6.07) is 4.41. The van der Waals surface area contributed by atoms with Gasteiger partial charge < -0.3 is 25.4 Å². The third-order valence-corrected chi connectivity index (χ3v) is 5.41. The van der Waals surface area contributed by atoms with Crippen LogP contribution in [0.25, 0.3) is 0 Å². The number of likely N-dealkylation sites (tertiary alicyclic amines) is 1. The molecule has 1 aromatic carbocycles. The van der Waals surface area contributed by atoms with Gasteiger partial charge in [0.05, 0.1) is 11.3 Å². The van der Waals surface area contributed by atoms with Crippen LogP contribution in [0.2, 0.25) is 0 Å². The molecule has 0 saturated carbocycles. The van der Waals surface area contributed by atoms with Crippen molar-refractivity contribution in [3.05, 3.63) is 23.8 Å². The fourth-order valence-electron chi connectivity index (χ4n) is 3.62. The van der Waals surface area contributed by atoms with Gasteiger partial charge in [0, 0.05) is 25.7 Å². The van der Waals surface area contributed by atoms with Gasteiger partial charge in [-0.15, -0.1) is 0 Å². The number of hydrogen-bond acceptors (Lipinski definition) is 5. The number of rotatable bonds is 2. The highest BCUT2D eigenvalue weighted by atomic mass is 16.5. The number of amides is 2. The minimum Gasteiger partial charge on any atom is -0.489 e. The molecule has 3 rings (SSSR count). The number of fused-ring (bicyclic) bond motifs is 1. The van der Waals surface area contributed by atoms with Crippen LogP contribution in [0.4, 0.5) is 5.69 Å². The number of benzene rings is 1. The zero-order chi connectivity index (χ0) is 19.1. The number of piperidine rings is 1. The van der Waals surface area contributed by atoms with Crippen molar-refractivity contribution in [1.29, 1.82) is 0 Å². The first-order chi connectivity index (χ1) is 12.2. The number of hydrogen-bond donors (Lipinski definition) is 2. The zero-order valence-electron chi connectivity index (χ0n) is 15.6. The van der Waals surface area contributed by atoms with Crippen molar-refractivity contribution >= 4 is 17.5 Å². The van der Waals surface area contributed by atoms with Crippen LogP contribution in [0.1, 0.15) is 37.0 Å². The SMILES string of the molecule is CN1C(=O)[C@@H](N)COc2ccc(C(=O)N3CCC(C(C)(C)O)CC3)cc21. The lowest BCUT2D eigenvalue weighted by Gasteiger charge is -2.37. The third-order valence-electron chi connectivity index (χ3n) is 5.41. The highest BCUT2D eigenvalue weighted by Gasteiger charge is 2.33. The van der Waals surface area contributed by atoms with Crippen LogP contribution in [0.3, 0.4) is 0 Å². The van der Waals surface area contributed by atoms with E-state index in [1.165, 1.54) is 4.90 Å². The molecule has 7 nitrogen and oxygen atoms in total. The molecule has 2 amide bonds. The first kappa shape index (κ1) is 18.7. The normalized spacial score (nSPS) is 21.9. The van der Waals surface area contributed by atoms with Gasteiger partial charge in [-0.2, -0.15) is 0 Å². The van der Waals surface area contributed by atoms with Crippen LogP contribution in [0.15, 0.2) is 18.2 Å². The number of carbonyl (C=O) groups excluding carboxylic acids is 2. The molecule has 1 atom stereocenters. The van der Waals surface area contributed by atoms with Gasteiger partial charge in [-0.05, 0) is 50.8 Å². The number of ether oxygens (including phenoxy) is 1. The molecule has 26 heavy (non-hydrogen) atoms. The standard InChI is InChI=1S/C19H27N3O4/c1-19(2,25)13-6-8-22(9-7-13)17(23)12-4-5-16-15(10-12)21(3)18(24)14(20)11-26-16/h4-5,10,13-14,25H,6-9,11,20H2,1-3H3/t14-/m0/s1. The summed E-state index contributed by atoms with van der Waals surface area (Å²) in [5, 5.41) is 10.2. The quantitative estimate of drug-likeness (QED) is 0.819. The molecule has 0 unspecified atom stereocenters. The minimum absolute atomic E-state index is 0.0728. The van der Waals surface area contributed by atoms with Crippen LogP contribution in [-0.2, 0) is 4.79 Å². The van der Waals surface area contributed by atoms with Crippen LogP contribution in [0.5, 0.6) is 5.75 Å². The summed E-state index contributed by atoms with van der Waals surface area (Å²) in [5.74, 6) is 0.430. The van der Waals surface area contributed by atoms with Crippen molar-refractivity contribution in [3.8, 4) is 5.75 Å². The lowest BCUT2D eigenvalue weighted by molar-refractivity contribution is -0.119. The second kappa shape index (κ2) is 6.89. The van der Waals surface area contributed by atoms with E-state index in [0.717, 1.165) is 12.8 Å². The second-order valence-electron chi connectivity index (χ2n) is 7.72. The molecule has 0 aliphatic carbocycles. The molecule has 1 aromatic rings. The van der Waals surface area contributed by atoms with Crippen LogP contribution >= 0.6 is 0 Å². The maximum absolute atomic E-state index is 12.9. The predicted molar refractivity (Wildman–Crippen MR) is 98.2 cm³/mol. The fourth-order valence-corrected chi connectivity index (χ4v) is 3.62. The van der Waals surface area contributed by atoms with Gasteiger partial charge in [0.15, 0.2) is 0 Å². The Morgan fingerprint density at radius 2 is 1.96 bits per heavy atom. The lowest BCUT2D eigenvalue weighted by Crippen LogP contribution is -2.44. The molecule has 142 valence electrons. The summed E-state index contributed by atoms with van der Waals surface area (Å²) in [6.45, 7) is 4.98. The summed E-state index contributed by atoms with van der Waals surface area (Å²) < 4.78 is 5.59. The molecular formula is C19H27N3O4. The Hall–Kier alpha value is -2.12. The van der Waals surface area contributed by atoms with Gasteiger partial charge in [-0.1, -0.05) is 0 Å². The summed E-state index contributed by atoms with van der Waals surface area (Å²) in [6.07, 6.45) is 1.55. The summed E-state index contributed by atoms with van der Waals surface area (Å²) in [4.78, 5) is 28.3. The van der Waals surface area contributed by atoms with Crippen molar-refractivity contribution < 1.29 is 19.4 Å². The van der Waals surface area contributed by atoms with E-state index in [0.29, 0.717) is 30.1 Å². The predicted octanol–water partition coefficient (Wildman–Crippen LogP) is 0.992. The van der Waals surface area contributed by atoms with Crippen LogP contribution in [0, 0.1) is 5.92 Å². The van der Waals surface area contributed by atoms with Crippen LogP contribution in [-0.4, -0.2) is 60.2 Å². The molecule has 0 bridgehead atoms. The average Bonchev–Trinajstić information content (AvgIpc) is 2.72. The molecule has 2 heterocycles. The van der Waals surface area contributed by atoms with Gasteiger partial charge >= 0.3 is 0 Å². The highest BCUT2D eigenvalue weighted by molar-refractivity contribution is 6.01. The monoisotopic (exact) mass is 361 g/mol. The number of carbonyl (C=O) groups is 2. The molecule has 7 heteroatoms. The van der Waals surface area contributed by atoms with Crippen molar-refractivity contribution in [2.24, 2.45) is 11.7 Å². The number of nitrogens with zero attached hydrogens (tertiary/aromatic N) is 2. The number of anilines is 1.